The summed E-state index contributed by atoms with van der Waals surface area (Å²) >= 11 is 0. The molecule has 5 rings (SSSR count). The summed E-state index contributed by atoms with van der Waals surface area (Å²) < 4.78 is 32.5. The molecule has 38 heavy (non-hydrogen) atoms. The van der Waals surface area contributed by atoms with Crippen molar-refractivity contribution >= 4 is 21.9 Å². The van der Waals surface area contributed by atoms with Crippen LogP contribution in [0.25, 0.3) is 21.9 Å². The molecule has 1 aromatic carbocycles. The second-order valence-electron chi connectivity index (χ2n) is 9.00. The minimum atomic E-state index is -1.79. The van der Waals surface area contributed by atoms with Gasteiger partial charge in [-0.25, -0.2) is 4.79 Å². The van der Waals surface area contributed by atoms with Gasteiger partial charge in [0.2, 0.25) is 12.0 Å². The van der Waals surface area contributed by atoms with Gasteiger partial charge in [-0.1, -0.05) is 0 Å². The van der Waals surface area contributed by atoms with Crippen molar-refractivity contribution in [2.45, 2.75) is 61.4 Å². The van der Waals surface area contributed by atoms with E-state index in [0.717, 1.165) is 6.07 Å². The highest BCUT2D eigenvalue weighted by Crippen LogP contribution is 2.43. The van der Waals surface area contributed by atoms with Crippen LogP contribution in [-0.2, 0) is 14.2 Å². The summed E-state index contributed by atoms with van der Waals surface area (Å²) in [4.78, 5) is 11.7. The molecule has 3 aromatic rings. The van der Waals surface area contributed by atoms with Gasteiger partial charge >= 0.3 is 5.63 Å². The molecule has 0 aliphatic carbocycles. The molecule has 0 amide bonds. The van der Waals surface area contributed by atoms with Crippen molar-refractivity contribution in [2.24, 2.45) is 0 Å². The Kier molecular flexibility index (Phi) is 7.31. The second kappa shape index (κ2) is 10.4. The fourth-order valence-electron chi connectivity index (χ4n) is 4.48. The third-order valence-electron chi connectivity index (χ3n) is 6.59. The number of aliphatic hydroxyl groups is 7. The summed E-state index contributed by atoms with van der Waals surface area (Å²) in [5, 5.41) is 81.6. The normalized spacial score (nSPS) is 36.1. The Hall–Kier alpha value is -2.83. The molecule has 208 valence electrons. The quantitative estimate of drug-likeness (QED) is 0.147. The lowest BCUT2D eigenvalue weighted by Crippen LogP contribution is -2.62. The minimum absolute atomic E-state index is 0.0356. The van der Waals surface area contributed by atoms with E-state index in [2.05, 4.69) is 0 Å². The van der Waals surface area contributed by atoms with Gasteiger partial charge in [-0.2, -0.15) is 0 Å². The number of phenolic OH excluding ortho intramolecular Hbond substituents is 1. The number of hydrogen-bond acceptors (Lipinski definition) is 15. The lowest BCUT2D eigenvalue weighted by atomic mass is 9.98. The van der Waals surface area contributed by atoms with Crippen molar-refractivity contribution in [3.63, 3.8) is 0 Å². The van der Waals surface area contributed by atoms with Gasteiger partial charge in [0.25, 0.3) is 0 Å². The van der Waals surface area contributed by atoms with Crippen molar-refractivity contribution in [1.29, 1.82) is 0 Å². The predicted octanol–water partition coefficient (Wildman–Crippen LogP) is -2.75. The molecule has 2 aromatic heterocycles. The van der Waals surface area contributed by atoms with Crippen LogP contribution in [0.15, 0.2) is 38.1 Å². The van der Waals surface area contributed by atoms with E-state index in [4.69, 9.17) is 27.8 Å². The highest BCUT2D eigenvalue weighted by Gasteiger charge is 2.48. The van der Waals surface area contributed by atoms with Crippen LogP contribution in [0.2, 0.25) is 0 Å². The molecular formula is C23H26O15. The SMILES string of the molecule is O=c1ccc2c(O[C@@H]3O[C@H](CO[C@@H]4O[C@H](CO)[C@@H](O)[C@H](O)[C@H]4O)[C@@H](O)[C@H](O)[C@H]3O)c3ccoc3c(O)c2o1. The van der Waals surface area contributed by atoms with E-state index >= 15 is 0 Å². The minimum Gasteiger partial charge on any atom is -0.502 e. The fourth-order valence-corrected chi connectivity index (χ4v) is 4.48. The summed E-state index contributed by atoms with van der Waals surface area (Å²) in [6.07, 6.45) is -14.8. The zero-order chi connectivity index (χ0) is 27.3. The van der Waals surface area contributed by atoms with Gasteiger partial charge in [-0.05, 0) is 12.1 Å². The summed E-state index contributed by atoms with van der Waals surface area (Å²) in [6.45, 7) is -1.24. The van der Waals surface area contributed by atoms with Crippen LogP contribution in [0, 0.1) is 0 Å². The van der Waals surface area contributed by atoms with Crippen molar-refractivity contribution < 1.29 is 68.6 Å². The van der Waals surface area contributed by atoms with Crippen molar-refractivity contribution in [1.82, 2.24) is 0 Å². The monoisotopic (exact) mass is 542 g/mol. The van der Waals surface area contributed by atoms with Crippen LogP contribution in [0.3, 0.4) is 0 Å². The van der Waals surface area contributed by atoms with Gasteiger partial charge in [0.1, 0.15) is 54.6 Å². The Bertz CT molecular complexity index is 1330. The molecule has 2 saturated heterocycles. The van der Waals surface area contributed by atoms with E-state index in [9.17, 15) is 45.6 Å². The van der Waals surface area contributed by atoms with Gasteiger partial charge in [0.15, 0.2) is 17.5 Å². The van der Waals surface area contributed by atoms with E-state index < -0.39 is 86.0 Å². The molecule has 8 N–H and O–H groups in total. The number of hydrogen-bond donors (Lipinski definition) is 8. The molecule has 0 radical (unpaired) electrons. The van der Waals surface area contributed by atoms with Crippen LogP contribution >= 0.6 is 0 Å². The van der Waals surface area contributed by atoms with Gasteiger partial charge in [-0.3, -0.25) is 0 Å². The third kappa shape index (κ3) is 4.52. The Morgan fingerprint density at radius 1 is 0.763 bits per heavy atom. The molecule has 0 spiro atoms. The summed E-state index contributed by atoms with van der Waals surface area (Å²) in [5.74, 6) is -0.497. The number of fused-ring (bicyclic) bond motifs is 2. The van der Waals surface area contributed by atoms with E-state index in [1.165, 1.54) is 18.4 Å². The number of furan rings is 1. The molecule has 0 unspecified atom stereocenters. The standard InChI is InChI=1S/C23H26O15/c24-5-9-12(26)14(28)16(30)22(35-9)34-6-10-13(27)15(29)17(31)23(36-10)38-19-7-1-2-11(25)37-21(7)18(32)20-8(19)3-4-33-20/h1-4,9-10,12-17,22-24,26-32H,5-6H2/t9-,10-,12-,13-,14+,15+,16-,17-,22-,23+/m1/s1. The van der Waals surface area contributed by atoms with Gasteiger partial charge in [0.05, 0.1) is 30.2 Å². The molecular weight excluding hydrogens is 516 g/mol. The predicted molar refractivity (Wildman–Crippen MR) is 121 cm³/mol. The average Bonchev–Trinajstić information content (AvgIpc) is 3.40. The topological polar surface area (TPSA) is 242 Å². The van der Waals surface area contributed by atoms with Crippen LogP contribution in [0.4, 0.5) is 0 Å². The van der Waals surface area contributed by atoms with Crippen LogP contribution in [0.5, 0.6) is 11.5 Å². The first-order valence-corrected chi connectivity index (χ1v) is 11.6. The molecule has 10 atom stereocenters. The lowest BCUT2D eigenvalue weighted by Gasteiger charge is -2.42. The Morgan fingerprint density at radius 3 is 2.11 bits per heavy atom. The number of aromatic hydroxyl groups is 1. The summed E-state index contributed by atoms with van der Waals surface area (Å²) in [6, 6.07) is 3.83. The van der Waals surface area contributed by atoms with Crippen molar-refractivity contribution in [2.75, 3.05) is 13.2 Å². The van der Waals surface area contributed by atoms with E-state index in [1.54, 1.807) is 0 Å². The molecule has 0 bridgehead atoms. The smallest absolute Gasteiger partial charge is 0.336 e. The van der Waals surface area contributed by atoms with Crippen LogP contribution in [0.1, 0.15) is 0 Å². The molecule has 15 nitrogen and oxygen atoms in total. The van der Waals surface area contributed by atoms with E-state index in [-0.39, 0.29) is 27.7 Å². The lowest BCUT2D eigenvalue weighted by molar-refractivity contribution is -0.323. The number of aliphatic hydroxyl groups excluding tert-OH is 7. The van der Waals surface area contributed by atoms with E-state index in [0.29, 0.717) is 0 Å². The highest BCUT2D eigenvalue weighted by atomic mass is 16.7. The highest BCUT2D eigenvalue weighted by molar-refractivity contribution is 6.06. The molecule has 15 heteroatoms. The van der Waals surface area contributed by atoms with Gasteiger partial charge < -0.3 is 68.6 Å². The Labute approximate surface area is 212 Å². The van der Waals surface area contributed by atoms with Crippen LogP contribution < -0.4 is 10.4 Å². The number of benzene rings is 1. The largest absolute Gasteiger partial charge is 0.502 e. The van der Waals surface area contributed by atoms with Crippen molar-refractivity contribution in [3.05, 3.63) is 34.9 Å². The molecule has 4 heterocycles. The summed E-state index contributed by atoms with van der Waals surface area (Å²) in [5.41, 5.74) is -1.11. The maximum atomic E-state index is 11.7. The third-order valence-corrected chi connectivity index (χ3v) is 6.59. The van der Waals surface area contributed by atoms with Crippen molar-refractivity contribution in [3.8, 4) is 11.5 Å². The number of ether oxygens (including phenoxy) is 4. The number of rotatable bonds is 6. The maximum absolute atomic E-state index is 11.7. The number of phenols is 1. The van der Waals surface area contributed by atoms with Gasteiger partial charge in [0, 0.05) is 6.07 Å². The molecule has 2 aliphatic heterocycles. The first-order chi connectivity index (χ1) is 18.1. The zero-order valence-corrected chi connectivity index (χ0v) is 19.4. The zero-order valence-electron chi connectivity index (χ0n) is 19.4. The van der Waals surface area contributed by atoms with Gasteiger partial charge in [-0.15, -0.1) is 0 Å². The van der Waals surface area contributed by atoms with E-state index in [1.807, 2.05) is 0 Å². The van der Waals surface area contributed by atoms with Crippen LogP contribution in [-0.4, -0.2) is 115 Å². The Morgan fingerprint density at radius 2 is 1.39 bits per heavy atom. The first-order valence-electron chi connectivity index (χ1n) is 11.6. The molecule has 0 saturated carbocycles. The average molecular weight is 542 g/mol. The second-order valence-corrected chi connectivity index (χ2v) is 9.00. The Balaban J connectivity index is 1.39. The first kappa shape index (κ1) is 26.8. The summed E-state index contributed by atoms with van der Waals surface area (Å²) in [7, 11) is 0. The fraction of sp³-hybridized carbons (Fsp3) is 0.522. The maximum Gasteiger partial charge on any atom is 0.336 e. The molecule has 2 fully saturated rings. The molecule has 2 aliphatic rings.